The van der Waals surface area contributed by atoms with Crippen molar-refractivity contribution in [1.82, 2.24) is 5.32 Å². The first-order chi connectivity index (χ1) is 11.5. The standard InChI is InChI=1S/C17H20Cl2F3NO2/c1-4-9-16(3,5-2)25-13(10-23-15(24)17(20,21)22)14-11(18)7-6-8-12(14)19/h4,6-8,13H,1,5,9-10H2,2-3H3,(H,23,24)/t13-,16+/m0/s1. The van der Waals surface area contributed by atoms with E-state index in [1.165, 1.54) is 0 Å². The van der Waals surface area contributed by atoms with Crippen molar-refractivity contribution in [3.63, 3.8) is 0 Å². The number of benzene rings is 1. The molecule has 0 aliphatic heterocycles. The lowest BCUT2D eigenvalue weighted by Gasteiger charge is -2.34. The summed E-state index contributed by atoms with van der Waals surface area (Å²) in [5, 5.41) is 2.32. The van der Waals surface area contributed by atoms with Gasteiger partial charge >= 0.3 is 12.1 Å². The molecule has 0 heterocycles. The summed E-state index contributed by atoms with van der Waals surface area (Å²) in [5.74, 6) is -2.05. The lowest BCUT2D eigenvalue weighted by atomic mass is 9.97. The first-order valence-corrected chi connectivity index (χ1v) is 8.37. The molecule has 0 aromatic heterocycles. The molecule has 140 valence electrons. The molecule has 0 aliphatic carbocycles. The lowest BCUT2D eigenvalue weighted by Crippen LogP contribution is -2.41. The zero-order chi connectivity index (χ0) is 19.3. The average Bonchev–Trinajstić information content (AvgIpc) is 2.51. The third kappa shape index (κ3) is 6.20. The highest BCUT2D eigenvalue weighted by Crippen LogP contribution is 2.36. The molecule has 0 spiro atoms. The van der Waals surface area contributed by atoms with Crippen LogP contribution in [-0.4, -0.2) is 24.2 Å². The lowest BCUT2D eigenvalue weighted by molar-refractivity contribution is -0.174. The molecule has 2 atom stereocenters. The van der Waals surface area contributed by atoms with Crippen LogP contribution in [0.25, 0.3) is 0 Å². The van der Waals surface area contributed by atoms with E-state index in [1.54, 1.807) is 31.2 Å². The monoisotopic (exact) mass is 397 g/mol. The Morgan fingerprint density at radius 1 is 1.36 bits per heavy atom. The number of hydrogen-bond donors (Lipinski definition) is 1. The first kappa shape index (κ1) is 21.8. The summed E-state index contributed by atoms with van der Waals surface area (Å²) >= 11 is 12.3. The van der Waals surface area contributed by atoms with E-state index in [9.17, 15) is 18.0 Å². The van der Waals surface area contributed by atoms with Crippen LogP contribution in [0.4, 0.5) is 13.2 Å². The van der Waals surface area contributed by atoms with Crippen LogP contribution in [0.2, 0.25) is 10.0 Å². The summed E-state index contributed by atoms with van der Waals surface area (Å²) in [6.07, 6.45) is -3.23. The van der Waals surface area contributed by atoms with E-state index in [0.717, 1.165) is 0 Å². The third-order valence-electron chi connectivity index (χ3n) is 3.78. The summed E-state index contributed by atoms with van der Waals surface area (Å²) in [7, 11) is 0. The predicted octanol–water partition coefficient (Wildman–Crippen LogP) is 5.47. The highest BCUT2D eigenvalue weighted by Gasteiger charge is 2.39. The molecule has 0 fully saturated rings. The van der Waals surface area contributed by atoms with Gasteiger partial charge in [0.15, 0.2) is 0 Å². The van der Waals surface area contributed by atoms with Gasteiger partial charge in [-0.25, -0.2) is 0 Å². The number of alkyl halides is 3. The Kier molecular flexibility index (Phi) is 7.78. The van der Waals surface area contributed by atoms with Gasteiger partial charge in [-0.15, -0.1) is 6.58 Å². The minimum absolute atomic E-state index is 0.246. The highest BCUT2D eigenvalue weighted by atomic mass is 35.5. The number of nitrogens with one attached hydrogen (secondary N) is 1. The number of rotatable bonds is 8. The third-order valence-corrected chi connectivity index (χ3v) is 4.44. The molecule has 0 saturated heterocycles. The minimum atomic E-state index is -4.98. The molecule has 1 amide bonds. The topological polar surface area (TPSA) is 38.3 Å². The van der Waals surface area contributed by atoms with Gasteiger partial charge in [-0.3, -0.25) is 4.79 Å². The minimum Gasteiger partial charge on any atom is -0.365 e. The Hall–Kier alpha value is -1.24. The van der Waals surface area contributed by atoms with E-state index in [1.807, 2.05) is 12.2 Å². The van der Waals surface area contributed by atoms with Crippen LogP contribution in [0.1, 0.15) is 38.4 Å². The molecule has 1 aromatic carbocycles. The van der Waals surface area contributed by atoms with Gasteiger partial charge in [0, 0.05) is 22.2 Å². The zero-order valence-electron chi connectivity index (χ0n) is 13.9. The summed E-state index contributed by atoms with van der Waals surface area (Å²) in [5.41, 5.74) is -0.366. The Morgan fingerprint density at radius 2 is 1.92 bits per heavy atom. The van der Waals surface area contributed by atoms with Gasteiger partial charge < -0.3 is 10.1 Å². The number of halogens is 5. The molecule has 25 heavy (non-hydrogen) atoms. The second-order valence-electron chi connectivity index (χ2n) is 5.75. The fourth-order valence-electron chi connectivity index (χ4n) is 2.23. The van der Waals surface area contributed by atoms with Crippen molar-refractivity contribution in [2.75, 3.05) is 6.54 Å². The SMILES string of the molecule is C=CC[C@@](C)(CC)O[C@@H](CNC(=O)C(F)(F)F)c1c(Cl)cccc1Cl. The molecular weight excluding hydrogens is 378 g/mol. The highest BCUT2D eigenvalue weighted by molar-refractivity contribution is 6.36. The van der Waals surface area contributed by atoms with Gasteiger partial charge in [-0.1, -0.05) is 42.3 Å². The van der Waals surface area contributed by atoms with Crippen molar-refractivity contribution >= 4 is 29.1 Å². The van der Waals surface area contributed by atoms with Gasteiger partial charge in [-0.05, 0) is 31.9 Å². The molecule has 3 nitrogen and oxygen atoms in total. The van der Waals surface area contributed by atoms with Crippen LogP contribution in [0.3, 0.4) is 0 Å². The molecule has 8 heteroatoms. The second-order valence-corrected chi connectivity index (χ2v) is 6.56. The molecule has 0 unspecified atom stereocenters. The fourth-order valence-corrected chi connectivity index (χ4v) is 2.87. The molecule has 0 bridgehead atoms. The maximum atomic E-state index is 12.5. The van der Waals surface area contributed by atoms with E-state index < -0.39 is 30.3 Å². The number of ether oxygens (including phenoxy) is 1. The van der Waals surface area contributed by atoms with Crippen molar-refractivity contribution in [3.05, 3.63) is 46.5 Å². The predicted molar refractivity (Wildman–Crippen MR) is 92.9 cm³/mol. The van der Waals surface area contributed by atoms with Crippen LogP contribution >= 0.6 is 23.2 Å². The van der Waals surface area contributed by atoms with Gasteiger partial charge in [0.2, 0.25) is 0 Å². The summed E-state index contributed by atoms with van der Waals surface area (Å²) < 4.78 is 43.4. The van der Waals surface area contributed by atoms with Crippen LogP contribution in [0.15, 0.2) is 30.9 Å². The largest absolute Gasteiger partial charge is 0.471 e. The van der Waals surface area contributed by atoms with Crippen LogP contribution in [-0.2, 0) is 9.53 Å². The molecule has 0 radical (unpaired) electrons. The molecular formula is C17H20Cl2F3NO2. The quantitative estimate of drug-likeness (QED) is 0.590. The number of amides is 1. The number of carbonyl (C=O) groups is 1. The molecule has 0 saturated carbocycles. The van der Waals surface area contributed by atoms with Crippen molar-refractivity contribution in [2.24, 2.45) is 0 Å². The van der Waals surface area contributed by atoms with E-state index >= 15 is 0 Å². The Labute approximate surface area is 155 Å². The summed E-state index contributed by atoms with van der Waals surface area (Å²) in [6, 6.07) is 4.73. The van der Waals surface area contributed by atoms with E-state index in [2.05, 4.69) is 6.58 Å². The first-order valence-electron chi connectivity index (χ1n) is 7.61. The summed E-state index contributed by atoms with van der Waals surface area (Å²) in [6.45, 7) is 6.92. The summed E-state index contributed by atoms with van der Waals surface area (Å²) in [4.78, 5) is 11.2. The van der Waals surface area contributed by atoms with Gasteiger partial charge in [0.1, 0.15) is 6.10 Å². The van der Waals surface area contributed by atoms with Gasteiger partial charge in [0.25, 0.3) is 0 Å². The van der Waals surface area contributed by atoms with Crippen molar-refractivity contribution in [3.8, 4) is 0 Å². The van der Waals surface area contributed by atoms with Crippen molar-refractivity contribution in [1.29, 1.82) is 0 Å². The van der Waals surface area contributed by atoms with Gasteiger partial charge in [-0.2, -0.15) is 13.2 Å². The second kappa shape index (κ2) is 8.92. The van der Waals surface area contributed by atoms with Crippen molar-refractivity contribution in [2.45, 2.75) is 44.6 Å². The fraction of sp³-hybridized carbons (Fsp3) is 0.471. The van der Waals surface area contributed by atoms with Crippen LogP contribution in [0.5, 0.6) is 0 Å². The van der Waals surface area contributed by atoms with E-state index in [-0.39, 0.29) is 10.0 Å². The smallest absolute Gasteiger partial charge is 0.365 e. The van der Waals surface area contributed by atoms with Crippen LogP contribution < -0.4 is 5.32 Å². The van der Waals surface area contributed by atoms with Crippen molar-refractivity contribution < 1.29 is 22.7 Å². The zero-order valence-corrected chi connectivity index (χ0v) is 15.4. The number of carbonyl (C=O) groups excluding carboxylic acids is 1. The molecule has 1 N–H and O–H groups in total. The van der Waals surface area contributed by atoms with E-state index in [4.69, 9.17) is 27.9 Å². The Balaban J connectivity index is 3.14. The molecule has 0 aliphatic rings. The molecule has 1 rings (SSSR count). The number of hydrogen-bond acceptors (Lipinski definition) is 2. The maximum absolute atomic E-state index is 12.5. The molecule has 1 aromatic rings. The van der Waals surface area contributed by atoms with E-state index in [0.29, 0.717) is 18.4 Å². The van der Waals surface area contributed by atoms with Gasteiger partial charge in [0.05, 0.1) is 5.60 Å². The Bertz CT molecular complexity index is 602. The normalized spacial score (nSPS) is 15.3. The van der Waals surface area contributed by atoms with Crippen LogP contribution in [0, 0.1) is 0 Å². The maximum Gasteiger partial charge on any atom is 0.471 e. The Morgan fingerprint density at radius 3 is 2.36 bits per heavy atom. The average molecular weight is 398 g/mol.